The molecule has 0 saturated carbocycles. The number of hydrogen-bond donors (Lipinski definition) is 3. The summed E-state index contributed by atoms with van der Waals surface area (Å²) in [4.78, 5) is 12.3. The quantitative estimate of drug-likeness (QED) is 0.158. The van der Waals surface area contributed by atoms with Gasteiger partial charge in [0.2, 0.25) is 5.91 Å². The van der Waals surface area contributed by atoms with E-state index in [0.717, 1.165) is 34.6 Å². The van der Waals surface area contributed by atoms with Gasteiger partial charge < -0.3 is 15.7 Å². The number of nitrogens with one attached hydrogen (secondary N) is 2. The van der Waals surface area contributed by atoms with Crippen LogP contribution in [0, 0.1) is 5.53 Å². The lowest BCUT2D eigenvalue weighted by Crippen LogP contribution is -2.28. The molecule has 0 aliphatic heterocycles. The molecular formula is C19H22N6O. The van der Waals surface area contributed by atoms with E-state index in [1.807, 2.05) is 47.0 Å². The highest BCUT2D eigenvalue weighted by Gasteiger charge is 2.14. The van der Waals surface area contributed by atoms with Crippen molar-refractivity contribution >= 4 is 33.5 Å². The second-order valence-corrected chi connectivity index (χ2v) is 6.10. The van der Waals surface area contributed by atoms with E-state index in [9.17, 15) is 4.79 Å². The summed E-state index contributed by atoms with van der Waals surface area (Å²) in [5.41, 5.74) is 9.81. The van der Waals surface area contributed by atoms with E-state index < -0.39 is 0 Å². The Balaban J connectivity index is 2.07. The average Bonchev–Trinajstić information content (AvgIpc) is 2.97. The van der Waals surface area contributed by atoms with Gasteiger partial charge in [0.05, 0.1) is 0 Å². The van der Waals surface area contributed by atoms with Crippen molar-refractivity contribution in [1.29, 1.82) is 5.53 Å². The normalized spacial score (nSPS) is 11.8. The standard InChI is InChI=1S/C19H22N6O/c1-2-3-10-22-18(26)12-25-16-7-5-4-6-14(16)15-11-13(8-9-17(15)25)19(23-20)24-21/h4-9,11,20H,2-3,10,12,21H2,1H3,(H,22,26)/b23-20?,24-19-. The number of carbonyl (C=O) groups is 1. The number of aromatic nitrogens is 1. The summed E-state index contributed by atoms with van der Waals surface area (Å²) < 4.78 is 2.01. The average molecular weight is 350 g/mol. The summed E-state index contributed by atoms with van der Waals surface area (Å²) in [5.74, 6) is 5.48. The van der Waals surface area contributed by atoms with Crippen molar-refractivity contribution in [3.8, 4) is 0 Å². The molecule has 0 bridgehead atoms. The Morgan fingerprint density at radius 2 is 1.96 bits per heavy atom. The van der Waals surface area contributed by atoms with E-state index >= 15 is 0 Å². The number of para-hydroxylation sites is 1. The van der Waals surface area contributed by atoms with Gasteiger partial charge in [-0.2, -0.15) is 5.10 Å². The van der Waals surface area contributed by atoms with Crippen molar-refractivity contribution in [1.82, 2.24) is 9.88 Å². The first kappa shape index (κ1) is 17.6. The number of hydrazone groups is 1. The maximum atomic E-state index is 12.3. The molecule has 1 amide bonds. The molecule has 7 nitrogen and oxygen atoms in total. The van der Waals surface area contributed by atoms with Gasteiger partial charge >= 0.3 is 0 Å². The molecule has 0 unspecified atom stereocenters. The molecule has 26 heavy (non-hydrogen) atoms. The Kier molecular flexibility index (Phi) is 5.26. The molecule has 0 radical (unpaired) electrons. The summed E-state index contributed by atoms with van der Waals surface area (Å²) in [6, 6.07) is 13.6. The highest BCUT2D eigenvalue weighted by molar-refractivity contribution is 6.11. The Hall–Kier alpha value is -3.22. The topological polar surface area (TPSA) is 109 Å². The fourth-order valence-corrected chi connectivity index (χ4v) is 3.14. The first-order valence-corrected chi connectivity index (χ1v) is 8.63. The van der Waals surface area contributed by atoms with E-state index in [1.54, 1.807) is 0 Å². The van der Waals surface area contributed by atoms with Gasteiger partial charge in [-0.05, 0) is 30.7 Å². The van der Waals surface area contributed by atoms with Crippen LogP contribution >= 0.6 is 0 Å². The minimum absolute atomic E-state index is 0.00412. The van der Waals surface area contributed by atoms with Gasteiger partial charge in [0.1, 0.15) is 6.54 Å². The zero-order valence-corrected chi connectivity index (χ0v) is 14.7. The molecule has 1 aromatic heterocycles. The molecule has 0 fully saturated rings. The fraction of sp³-hybridized carbons (Fsp3) is 0.263. The third-order valence-corrected chi connectivity index (χ3v) is 4.41. The van der Waals surface area contributed by atoms with Gasteiger partial charge in [0, 0.05) is 33.9 Å². The molecule has 0 saturated heterocycles. The van der Waals surface area contributed by atoms with Gasteiger partial charge in [0.25, 0.3) is 0 Å². The number of nitrogens with zero attached hydrogens (tertiary/aromatic N) is 3. The molecule has 2 aromatic carbocycles. The molecule has 4 N–H and O–H groups in total. The van der Waals surface area contributed by atoms with Crippen LogP contribution in [0.3, 0.4) is 0 Å². The van der Waals surface area contributed by atoms with Crippen molar-refractivity contribution in [3.05, 3.63) is 48.0 Å². The van der Waals surface area contributed by atoms with Crippen LogP contribution in [0.15, 0.2) is 52.7 Å². The molecule has 0 spiro atoms. The second kappa shape index (κ2) is 7.77. The Morgan fingerprint density at radius 3 is 2.69 bits per heavy atom. The minimum atomic E-state index is -0.00412. The number of carbonyl (C=O) groups excluding carboxylic acids is 1. The van der Waals surface area contributed by atoms with Crippen LogP contribution in [0.2, 0.25) is 0 Å². The molecule has 3 rings (SSSR count). The summed E-state index contributed by atoms with van der Waals surface area (Å²) in [6.45, 7) is 3.05. The number of nitrogens with two attached hydrogens (primary N) is 1. The number of hydrogen-bond acceptors (Lipinski definition) is 4. The first-order chi connectivity index (χ1) is 12.7. The molecule has 134 valence electrons. The molecule has 0 atom stereocenters. The lowest BCUT2D eigenvalue weighted by Gasteiger charge is -2.08. The van der Waals surface area contributed by atoms with E-state index in [0.29, 0.717) is 12.1 Å². The van der Waals surface area contributed by atoms with Gasteiger partial charge in [-0.25, -0.2) is 5.53 Å². The van der Waals surface area contributed by atoms with Crippen molar-refractivity contribution in [2.75, 3.05) is 6.54 Å². The minimum Gasteiger partial charge on any atom is -0.355 e. The molecular weight excluding hydrogens is 328 g/mol. The highest BCUT2D eigenvalue weighted by atomic mass is 16.1. The maximum absolute atomic E-state index is 12.3. The molecule has 7 heteroatoms. The van der Waals surface area contributed by atoms with Crippen LogP contribution in [0.25, 0.3) is 21.8 Å². The predicted molar refractivity (Wildman–Crippen MR) is 103 cm³/mol. The van der Waals surface area contributed by atoms with Crippen molar-refractivity contribution in [3.63, 3.8) is 0 Å². The number of amidine groups is 1. The van der Waals surface area contributed by atoms with Crippen LogP contribution in [0.5, 0.6) is 0 Å². The number of unbranched alkanes of at least 4 members (excludes halogenated alkanes) is 1. The highest BCUT2D eigenvalue weighted by Crippen LogP contribution is 2.30. The predicted octanol–water partition coefficient (Wildman–Crippen LogP) is 3.36. The zero-order chi connectivity index (χ0) is 18.5. The number of fused-ring (bicyclic) bond motifs is 3. The largest absolute Gasteiger partial charge is 0.355 e. The smallest absolute Gasteiger partial charge is 0.239 e. The molecule has 0 aliphatic rings. The third-order valence-electron chi connectivity index (χ3n) is 4.41. The number of rotatable bonds is 6. The Morgan fingerprint density at radius 1 is 1.19 bits per heavy atom. The first-order valence-electron chi connectivity index (χ1n) is 8.63. The number of benzene rings is 2. The van der Waals surface area contributed by atoms with Crippen LogP contribution in [-0.2, 0) is 11.3 Å². The van der Waals surface area contributed by atoms with E-state index in [4.69, 9.17) is 11.4 Å². The summed E-state index contributed by atoms with van der Waals surface area (Å²) in [7, 11) is 0. The summed E-state index contributed by atoms with van der Waals surface area (Å²) in [5, 5.41) is 11.9. The number of amides is 1. The zero-order valence-electron chi connectivity index (χ0n) is 14.7. The van der Waals surface area contributed by atoms with Crippen LogP contribution in [0.1, 0.15) is 25.3 Å². The third kappa shape index (κ3) is 3.28. The Bertz CT molecular complexity index is 988. The monoisotopic (exact) mass is 350 g/mol. The molecule has 1 heterocycles. The SMILES string of the molecule is CCCCNC(=O)Cn1c2ccccc2c2cc(/C(N=N)=N/N)ccc21. The van der Waals surface area contributed by atoms with E-state index in [1.165, 1.54) is 0 Å². The van der Waals surface area contributed by atoms with Crippen molar-refractivity contribution < 1.29 is 4.79 Å². The van der Waals surface area contributed by atoms with Crippen LogP contribution < -0.4 is 11.2 Å². The lowest BCUT2D eigenvalue weighted by molar-refractivity contribution is -0.121. The summed E-state index contributed by atoms with van der Waals surface area (Å²) in [6.07, 6.45) is 2.02. The van der Waals surface area contributed by atoms with Crippen LogP contribution in [-0.4, -0.2) is 22.9 Å². The van der Waals surface area contributed by atoms with Gasteiger partial charge in [-0.3, -0.25) is 4.79 Å². The molecule has 3 aromatic rings. The maximum Gasteiger partial charge on any atom is 0.239 e. The Labute approximate surface area is 151 Å². The van der Waals surface area contributed by atoms with Gasteiger partial charge in [0.15, 0.2) is 5.84 Å². The fourth-order valence-electron chi connectivity index (χ4n) is 3.14. The van der Waals surface area contributed by atoms with Crippen LogP contribution in [0.4, 0.5) is 0 Å². The molecule has 0 aliphatic carbocycles. The summed E-state index contributed by atoms with van der Waals surface area (Å²) >= 11 is 0. The second-order valence-electron chi connectivity index (χ2n) is 6.10. The van der Waals surface area contributed by atoms with Crippen molar-refractivity contribution in [2.24, 2.45) is 16.1 Å². The van der Waals surface area contributed by atoms with Crippen molar-refractivity contribution in [2.45, 2.75) is 26.3 Å². The van der Waals surface area contributed by atoms with Gasteiger partial charge in [-0.1, -0.05) is 31.5 Å². The lowest BCUT2D eigenvalue weighted by atomic mass is 10.1. The van der Waals surface area contributed by atoms with E-state index in [-0.39, 0.29) is 18.3 Å². The van der Waals surface area contributed by atoms with Gasteiger partial charge in [-0.15, -0.1) is 5.11 Å². The van der Waals surface area contributed by atoms with E-state index in [2.05, 4.69) is 22.5 Å².